The highest BCUT2D eigenvalue weighted by Gasteiger charge is 2.13. The van der Waals surface area contributed by atoms with Gasteiger partial charge in [0.15, 0.2) is 5.13 Å². The monoisotopic (exact) mass is 387 g/mol. The Kier molecular flexibility index (Phi) is 5.63. The van der Waals surface area contributed by atoms with Crippen LogP contribution in [0, 0.1) is 13.8 Å². The Hall–Kier alpha value is -2.32. The van der Waals surface area contributed by atoms with Gasteiger partial charge in [-0.25, -0.2) is 15.0 Å². The number of carbonyl (C=O) groups is 1. The molecule has 0 radical (unpaired) electrons. The van der Waals surface area contributed by atoms with Crippen molar-refractivity contribution in [2.24, 2.45) is 0 Å². The molecule has 1 amide bonds. The van der Waals surface area contributed by atoms with Crippen molar-refractivity contribution in [3.63, 3.8) is 0 Å². The zero-order valence-corrected chi connectivity index (χ0v) is 16.9. The number of carbonyl (C=O) groups excluding carboxylic acids is 1. The average molecular weight is 388 g/mol. The van der Waals surface area contributed by atoms with Crippen molar-refractivity contribution in [3.8, 4) is 10.6 Å². The molecule has 0 unspecified atom stereocenters. The predicted molar refractivity (Wildman–Crippen MR) is 107 cm³/mol. The summed E-state index contributed by atoms with van der Waals surface area (Å²) in [6, 6.07) is 3.59. The molecule has 136 valence electrons. The summed E-state index contributed by atoms with van der Waals surface area (Å²) in [7, 11) is 1.80. The highest BCUT2D eigenvalue weighted by atomic mass is 32.1. The second kappa shape index (κ2) is 7.92. The van der Waals surface area contributed by atoms with E-state index in [0.29, 0.717) is 11.4 Å². The van der Waals surface area contributed by atoms with Crippen molar-refractivity contribution >= 4 is 39.5 Å². The van der Waals surface area contributed by atoms with E-state index >= 15 is 0 Å². The van der Waals surface area contributed by atoms with E-state index in [0.717, 1.165) is 39.4 Å². The summed E-state index contributed by atoms with van der Waals surface area (Å²) in [4.78, 5) is 28.5. The van der Waals surface area contributed by atoms with Crippen LogP contribution in [0.4, 0.5) is 10.9 Å². The van der Waals surface area contributed by atoms with Gasteiger partial charge in [0.25, 0.3) is 5.91 Å². The Morgan fingerprint density at radius 2 is 2.08 bits per heavy atom. The zero-order valence-electron chi connectivity index (χ0n) is 15.2. The largest absolute Gasteiger partial charge is 0.342 e. The molecule has 3 rings (SSSR count). The second-order valence-electron chi connectivity index (χ2n) is 5.97. The second-order valence-corrected chi connectivity index (χ2v) is 8.03. The Morgan fingerprint density at radius 3 is 2.69 bits per heavy atom. The minimum atomic E-state index is -0.0153. The van der Waals surface area contributed by atoms with E-state index in [2.05, 4.69) is 20.3 Å². The summed E-state index contributed by atoms with van der Waals surface area (Å²) in [6.07, 6.45) is 2.53. The minimum absolute atomic E-state index is 0.0153. The molecule has 0 atom stereocenters. The smallest absolute Gasteiger partial charge is 0.255 e. The lowest BCUT2D eigenvalue weighted by molar-refractivity contribution is 0.0795. The standard InChI is InChI=1S/C18H21N5OS2/c1-5-8-23(4)17(24)13-6-7-15(19-9-13)22-18-21-14(10-25-18)16-11(2)20-12(3)26-16/h6-7,9-10H,5,8H2,1-4H3,(H,19,21,22). The number of anilines is 2. The van der Waals surface area contributed by atoms with Crippen molar-refractivity contribution in [2.75, 3.05) is 18.9 Å². The lowest BCUT2D eigenvalue weighted by atomic mass is 10.2. The summed E-state index contributed by atoms with van der Waals surface area (Å²) in [5.74, 6) is 0.649. The number of pyridine rings is 1. The van der Waals surface area contributed by atoms with Crippen molar-refractivity contribution in [2.45, 2.75) is 27.2 Å². The number of thiazole rings is 2. The van der Waals surface area contributed by atoms with Gasteiger partial charge in [-0.2, -0.15) is 0 Å². The number of rotatable bonds is 6. The van der Waals surface area contributed by atoms with Crippen LogP contribution in [0.5, 0.6) is 0 Å². The van der Waals surface area contributed by atoms with Gasteiger partial charge >= 0.3 is 0 Å². The molecule has 0 spiro atoms. The average Bonchev–Trinajstić information content (AvgIpc) is 3.21. The maximum Gasteiger partial charge on any atom is 0.255 e. The highest BCUT2D eigenvalue weighted by molar-refractivity contribution is 7.16. The first-order chi connectivity index (χ1) is 12.5. The van der Waals surface area contributed by atoms with E-state index in [-0.39, 0.29) is 5.91 Å². The Bertz CT molecular complexity index is 901. The van der Waals surface area contributed by atoms with Crippen LogP contribution in [0.1, 0.15) is 34.4 Å². The number of nitrogens with zero attached hydrogens (tertiary/aromatic N) is 4. The fourth-order valence-electron chi connectivity index (χ4n) is 2.57. The topological polar surface area (TPSA) is 71.0 Å². The van der Waals surface area contributed by atoms with Crippen molar-refractivity contribution in [1.82, 2.24) is 19.9 Å². The number of amides is 1. The van der Waals surface area contributed by atoms with Crippen LogP contribution in [0.3, 0.4) is 0 Å². The van der Waals surface area contributed by atoms with Gasteiger partial charge in [-0.3, -0.25) is 4.79 Å². The summed E-state index contributed by atoms with van der Waals surface area (Å²) < 4.78 is 0. The molecule has 3 aromatic rings. The summed E-state index contributed by atoms with van der Waals surface area (Å²) in [5, 5.41) is 7.01. The van der Waals surface area contributed by atoms with Gasteiger partial charge in [0.1, 0.15) is 5.82 Å². The molecule has 0 aliphatic rings. The fourth-order valence-corrected chi connectivity index (χ4v) is 4.23. The van der Waals surface area contributed by atoms with E-state index in [1.165, 1.54) is 11.3 Å². The van der Waals surface area contributed by atoms with Gasteiger partial charge in [-0.15, -0.1) is 22.7 Å². The molecule has 0 bridgehead atoms. The Balaban J connectivity index is 1.70. The van der Waals surface area contributed by atoms with Crippen molar-refractivity contribution < 1.29 is 4.79 Å². The van der Waals surface area contributed by atoms with Crippen LogP contribution >= 0.6 is 22.7 Å². The van der Waals surface area contributed by atoms with Crippen LogP contribution in [-0.2, 0) is 0 Å². The first-order valence-corrected chi connectivity index (χ1v) is 10.1. The summed E-state index contributed by atoms with van der Waals surface area (Å²) in [5.41, 5.74) is 2.51. The van der Waals surface area contributed by atoms with Gasteiger partial charge in [-0.1, -0.05) is 6.92 Å². The maximum absolute atomic E-state index is 12.2. The number of hydrogen-bond donors (Lipinski definition) is 1. The molecule has 0 saturated carbocycles. The normalized spacial score (nSPS) is 10.8. The van der Waals surface area contributed by atoms with Gasteiger partial charge in [0, 0.05) is 25.2 Å². The quantitative estimate of drug-likeness (QED) is 0.674. The van der Waals surface area contributed by atoms with Crippen LogP contribution in [-0.4, -0.2) is 39.4 Å². The van der Waals surface area contributed by atoms with Gasteiger partial charge < -0.3 is 10.2 Å². The Morgan fingerprint density at radius 1 is 1.27 bits per heavy atom. The molecule has 6 nitrogen and oxygen atoms in total. The van der Waals surface area contributed by atoms with Gasteiger partial charge in [0.05, 0.1) is 26.8 Å². The van der Waals surface area contributed by atoms with Crippen LogP contribution in [0.25, 0.3) is 10.6 Å². The maximum atomic E-state index is 12.2. The van der Waals surface area contributed by atoms with Crippen molar-refractivity contribution in [1.29, 1.82) is 0 Å². The van der Waals surface area contributed by atoms with Crippen molar-refractivity contribution in [3.05, 3.63) is 40.0 Å². The minimum Gasteiger partial charge on any atom is -0.342 e. The molecule has 8 heteroatoms. The third kappa shape index (κ3) is 4.08. The third-order valence-corrected chi connectivity index (χ3v) is 5.64. The Labute approximate surface area is 161 Å². The zero-order chi connectivity index (χ0) is 18.7. The SMILES string of the molecule is CCCN(C)C(=O)c1ccc(Nc2nc(-c3sc(C)nc3C)cs2)nc1. The van der Waals surface area contributed by atoms with Crippen LogP contribution in [0.2, 0.25) is 0 Å². The lowest BCUT2D eigenvalue weighted by Gasteiger charge is -2.15. The number of hydrogen-bond acceptors (Lipinski definition) is 7. The number of aryl methyl sites for hydroxylation is 2. The molecule has 1 N–H and O–H groups in total. The third-order valence-electron chi connectivity index (χ3n) is 3.79. The molecule has 0 saturated heterocycles. The number of aromatic nitrogens is 3. The van der Waals surface area contributed by atoms with Gasteiger partial charge in [-0.05, 0) is 32.4 Å². The fraction of sp³-hybridized carbons (Fsp3) is 0.333. The summed E-state index contributed by atoms with van der Waals surface area (Å²) >= 11 is 3.17. The first-order valence-electron chi connectivity index (χ1n) is 8.36. The highest BCUT2D eigenvalue weighted by Crippen LogP contribution is 2.32. The van der Waals surface area contributed by atoms with E-state index in [4.69, 9.17) is 0 Å². The van der Waals surface area contributed by atoms with Crippen LogP contribution < -0.4 is 5.32 Å². The molecule has 26 heavy (non-hydrogen) atoms. The van der Waals surface area contributed by atoms with Gasteiger partial charge in [0.2, 0.25) is 0 Å². The van der Waals surface area contributed by atoms with E-state index in [1.54, 1.807) is 41.6 Å². The molecule has 0 aromatic carbocycles. The van der Waals surface area contributed by atoms with Crippen LogP contribution in [0.15, 0.2) is 23.7 Å². The van der Waals surface area contributed by atoms with E-state index in [9.17, 15) is 4.79 Å². The summed E-state index contributed by atoms with van der Waals surface area (Å²) in [6.45, 7) is 6.78. The molecule has 0 aliphatic heterocycles. The van der Waals surface area contributed by atoms with E-state index in [1.807, 2.05) is 26.2 Å². The number of nitrogens with one attached hydrogen (secondary N) is 1. The van der Waals surface area contributed by atoms with E-state index < -0.39 is 0 Å². The predicted octanol–water partition coefficient (Wildman–Crippen LogP) is 4.50. The molecule has 3 aromatic heterocycles. The molecule has 0 fully saturated rings. The first kappa shape index (κ1) is 18.5. The molecular weight excluding hydrogens is 366 g/mol. The lowest BCUT2D eigenvalue weighted by Crippen LogP contribution is -2.27. The molecular formula is C18H21N5OS2. The molecule has 0 aliphatic carbocycles. The molecule has 3 heterocycles.